The summed E-state index contributed by atoms with van der Waals surface area (Å²) in [5.74, 6) is -3.68. The zero-order valence-electron chi connectivity index (χ0n) is 38.6. The van der Waals surface area contributed by atoms with Crippen LogP contribution in [0.3, 0.4) is 0 Å². The van der Waals surface area contributed by atoms with Crippen LogP contribution in [-0.2, 0) is 61.6 Å². The fourth-order valence-corrected chi connectivity index (χ4v) is 8.34. The molecule has 3 fully saturated rings. The van der Waals surface area contributed by atoms with Crippen molar-refractivity contribution in [2.75, 3.05) is 48.3 Å². The van der Waals surface area contributed by atoms with Crippen molar-refractivity contribution in [2.45, 2.75) is 92.1 Å². The van der Waals surface area contributed by atoms with E-state index in [1.165, 1.54) is 77.0 Å². The van der Waals surface area contributed by atoms with Gasteiger partial charge in [-0.25, -0.2) is 19.2 Å². The molecule has 0 saturated carbocycles. The molecular formula is C50H56O20. The second kappa shape index (κ2) is 24.9. The Kier molecular flexibility index (Phi) is 18.5. The van der Waals surface area contributed by atoms with Gasteiger partial charge in [-0.15, -0.1) is 0 Å². The van der Waals surface area contributed by atoms with Gasteiger partial charge in [-0.2, -0.15) is 0 Å². The molecule has 0 aromatic heterocycles. The molecule has 0 aliphatic carbocycles. The number of ether oxygens (including phenoxy) is 13. The lowest BCUT2D eigenvalue weighted by atomic mass is 9.96. The Hall–Kier alpha value is -5.72. The Bertz CT molecular complexity index is 2270. The third-order valence-corrected chi connectivity index (χ3v) is 11.9. The van der Waals surface area contributed by atoms with Gasteiger partial charge in [0.25, 0.3) is 0 Å². The fourth-order valence-electron chi connectivity index (χ4n) is 8.34. The largest absolute Gasteiger partial charge is 0.459 e. The second-order valence-electron chi connectivity index (χ2n) is 16.2. The van der Waals surface area contributed by atoms with Crippen molar-refractivity contribution < 1.29 is 96.1 Å². The molecule has 3 aliphatic heterocycles. The van der Waals surface area contributed by atoms with Gasteiger partial charge in [0, 0.05) is 28.4 Å². The second-order valence-corrected chi connectivity index (χ2v) is 16.2. The molecule has 4 aromatic rings. The number of aliphatic hydroxyl groups excluding tert-OH is 3. The van der Waals surface area contributed by atoms with Gasteiger partial charge in [0.2, 0.25) is 0 Å². The molecule has 0 radical (unpaired) electrons. The Balaban J connectivity index is 1.26. The van der Waals surface area contributed by atoms with Crippen LogP contribution in [0, 0.1) is 0 Å². The van der Waals surface area contributed by atoms with Crippen LogP contribution in [-0.4, -0.2) is 180 Å². The summed E-state index contributed by atoms with van der Waals surface area (Å²) in [6.07, 6.45) is -21.7. The summed E-state index contributed by atoms with van der Waals surface area (Å²) in [5, 5.41) is 34.2. The topological polar surface area (TPSA) is 249 Å². The molecule has 376 valence electrons. The first-order valence-electron chi connectivity index (χ1n) is 22.3. The number of hydrogen-bond donors (Lipinski definition) is 3. The number of methoxy groups -OCH3 is 4. The van der Waals surface area contributed by atoms with Crippen LogP contribution in [0.15, 0.2) is 121 Å². The molecule has 20 nitrogen and oxygen atoms in total. The number of aliphatic hydroxyl groups is 3. The van der Waals surface area contributed by atoms with Crippen molar-refractivity contribution >= 4 is 23.9 Å². The van der Waals surface area contributed by atoms with Gasteiger partial charge in [0.05, 0.1) is 35.5 Å². The van der Waals surface area contributed by atoms with E-state index in [2.05, 4.69) is 0 Å². The van der Waals surface area contributed by atoms with Crippen LogP contribution < -0.4 is 0 Å². The number of esters is 4. The highest BCUT2D eigenvalue weighted by molar-refractivity contribution is 5.91. The minimum atomic E-state index is -1.95. The highest BCUT2D eigenvalue weighted by Gasteiger charge is 2.57. The monoisotopic (exact) mass is 976 g/mol. The maximum atomic E-state index is 14.1. The quantitative estimate of drug-likeness (QED) is 0.0902. The predicted molar refractivity (Wildman–Crippen MR) is 239 cm³/mol. The van der Waals surface area contributed by atoms with E-state index in [1.54, 1.807) is 72.8 Å². The Morgan fingerprint density at radius 1 is 0.429 bits per heavy atom. The molecule has 3 heterocycles. The number of carbonyl (C=O) groups is 4. The molecule has 70 heavy (non-hydrogen) atoms. The van der Waals surface area contributed by atoms with Crippen molar-refractivity contribution in [3.63, 3.8) is 0 Å². The summed E-state index contributed by atoms with van der Waals surface area (Å²) in [7, 11) is 5.76. The first-order valence-corrected chi connectivity index (χ1v) is 22.3. The number of benzene rings is 4. The molecule has 7 rings (SSSR count). The first-order chi connectivity index (χ1) is 34.0. The normalized spacial score (nSPS) is 30.9. The maximum Gasteiger partial charge on any atom is 0.338 e. The van der Waals surface area contributed by atoms with Crippen molar-refractivity contribution in [1.82, 2.24) is 0 Å². The molecule has 0 unspecified atom stereocenters. The highest BCUT2D eigenvalue weighted by Crippen LogP contribution is 2.36. The summed E-state index contributed by atoms with van der Waals surface area (Å²) in [5.41, 5.74) is 0.314. The van der Waals surface area contributed by atoms with Gasteiger partial charge in [0.1, 0.15) is 61.5 Å². The van der Waals surface area contributed by atoms with Crippen LogP contribution in [0.2, 0.25) is 0 Å². The molecule has 0 spiro atoms. The molecule has 3 saturated heterocycles. The van der Waals surface area contributed by atoms with E-state index in [4.69, 9.17) is 61.6 Å². The van der Waals surface area contributed by atoms with E-state index in [1.807, 2.05) is 0 Å². The minimum Gasteiger partial charge on any atom is -0.459 e. The van der Waals surface area contributed by atoms with E-state index in [0.29, 0.717) is 0 Å². The Labute approximate surface area is 403 Å². The van der Waals surface area contributed by atoms with E-state index in [0.717, 1.165) is 0 Å². The zero-order chi connectivity index (χ0) is 49.7. The van der Waals surface area contributed by atoms with Crippen molar-refractivity contribution in [1.29, 1.82) is 0 Å². The lowest BCUT2D eigenvalue weighted by Gasteiger charge is -2.48. The summed E-state index contributed by atoms with van der Waals surface area (Å²) >= 11 is 0. The zero-order valence-corrected chi connectivity index (χ0v) is 38.6. The van der Waals surface area contributed by atoms with Crippen LogP contribution in [0.5, 0.6) is 0 Å². The lowest BCUT2D eigenvalue weighted by Crippen LogP contribution is -2.67. The van der Waals surface area contributed by atoms with E-state index in [-0.39, 0.29) is 28.9 Å². The van der Waals surface area contributed by atoms with Crippen molar-refractivity contribution in [3.8, 4) is 0 Å². The molecule has 0 amide bonds. The minimum absolute atomic E-state index is 0.0358. The highest BCUT2D eigenvalue weighted by atomic mass is 16.8. The van der Waals surface area contributed by atoms with Crippen molar-refractivity contribution in [3.05, 3.63) is 144 Å². The third kappa shape index (κ3) is 12.2. The smallest absolute Gasteiger partial charge is 0.338 e. The number of hydrogen-bond acceptors (Lipinski definition) is 20. The molecule has 0 bridgehead atoms. The molecular weight excluding hydrogens is 921 g/mol. The average molecular weight is 977 g/mol. The van der Waals surface area contributed by atoms with Gasteiger partial charge >= 0.3 is 23.9 Å². The standard InChI is InChI=1S/C50H56O20/c1-58-37-33(65-49(61-4)42(60-3)40(37)59-2)27-63-48-36(53)39(35(52)32(25-51)64-48)70-50-43(69-47(57)31-23-15-8-16-24-31)41(68-46(56)30-21-13-7-14-22-30)38(67-45(55)29-19-11-6-12-20-29)34(66-50)26-62-44(54)28-17-9-5-10-18-28/h5-24,32-43,48-53H,25-27H2,1-4H3/t32-,33-,34-,35-,36+,37-,38-,39+,40+,41+,42-,43+,48+,49+,50-/m1/s1. The van der Waals surface area contributed by atoms with E-state index in [9.17, 15) is 34.5 Å². The number of rotatable bonds is 19. The summed E-state index contributed by atoms with van der Waals surface area (Å²) in [6, 6.07) is 31.3. The van der Waals surface area contributed by atoms with E-state index < -0.39 is 129 Å². The first kappa shape index (κ1) is 52.1. The number of carbonyl (C=O) groups excluding carboxylic acids is 4. The van der Waals surface area contributed by atoms with Crippen LogP contribution in [0.25, 0.3) is 0 Å². The summed E-state index contributed by atoms with van der Waals surface area (Å²) < 4.78 is 77.4. The molecule has 20 heteroatoms. The summed E-state index contributed by atoms with van der Waals surface area (Å²) in [6.45, 7) is -1.83. The van der Waals surface area contributed by atoms with E-state index >= 15 is 0 Å². The van der Waals surface area contributed by atoms with Gasteiger partial charge in [-0.05, 0) is 48.5 Å². The Morgan fingerprint density at radius 3 is 1.33 bits per heavy atom. The molecule has 4 aromatic carbocycles. The lowest BCUT2D eigenvalue weighted by molar-refractivity contribution is -0.364. The molecule has 3 N–H and O–H groups in total. The van der Waals surface area contributed by atoms with Crippen LogP contribution in [0.1, 0.15) is 41.4 Å². The van der Waals surface area contributed by atoms with Crippen molar-refractivity contribution in [2.24, 2.45) is 0 Å². The maximum absolute atomic E-state index is 14.1. The molecule has 3 aliphatic rings. The fraction of sp³-hybridized carbons (Fsp3) is 0.440. The average Bonchev–Trinajstić information content (AvgIpc) is 3.40. The van der Waals surface area contributed by atoms with Gasteiger partial charge in [-0.1, -0.05) is 72.8 Å². The third-order valence-electron chi connectivity index (χ3n) is 11.9. The van der Waals surface area contributed by atoms with Gasteiger partial charge in [-0.3, -0.25) is 0 Å². The van der Waals surface area contributed by atoms with Gasteiger partial charge in [0.15, 0.2) is 37.2 Å². The Morgan fingerprint density at radius 2 is 0.857 bits per heavy atom. The van der Waals surface area contributed by atoms with Gasteiger partial charge < -0.3 is 76.9 Å². The van der Waals surface area contributed by atoms with Crippen LogP contribution in [0.4, 0.5) is 0 Å². The SMILES string of the molecule is CO[C@H]1O[C@H](CO[C@H]2O[C@H](CO)[C@@H](O)[C@H](O[C@H]3O[C@H](COC(=O)c4ccccc4)[C@@H](OC(=O)c4ccccc4)[C@H](OC(=O)c4ccccc4)[C@@H]3OC(=O)c3ccccc3)[C@@H]2O)[C@@H](OC)[C@H](OC)[C@H]1OC. The molecule has 15 atom stereocenters. The summed E-state index contributed by atoms with van der Waals surface area (Å²) in [4.78, 5) is 55.6. The predicted octanol–water partition coefficient (Wildman–Crippen LogP) is 2.50. The van der Waals surface area contributed by atoms with Crippen LogP contribution >= 0.6 is 0 Å².